The molecule has 0 unspecified atom stereocenters. The molecule has 2 aromatic rings. The summed E-state index contributed by atoms with van der Waals surface area (Å²) in [5.74, 6) is -22.8. The van der Waals surface area contributed by atoms with Gasteiger partial charge in [-0.2, -0.15) is 4.90 Å². The molecule has 5 amide bonds. The van der Waals surface area contributed by atoms with Crippen LogP contribution in [0.5, 0.6) is 11.5 Å². The van der Waals surface area contributed by atoms with Crippen molar-refractivity contribution in [3.8, 4) is 11.5 Å². The number of methoxy groups -OCH3 is 1. The Morgan fingerprint density at radius 2 is 1.60 bits per heavy atom. The van der Waals surface area contributed by atoms with Gasteiger partial charge < -0.3 is 14.6 Å². The number of likely N-dealkylation sites (tertiary alicyclic amines) is 1. The molecular weight excluding hydrogens is 694 g/mol. The minimum atomic E-state index is -2.74. The summed E-state index contributed by atoms with van der Waals surface area (Å²) in [5, 5.41) is 10.1. The number of aromatic hydroxyl groups is 1. The lowest BCUT2D eigenvalue weighted by atomic mass is 9.56. The highest BCUT2D eigenvalue weighted by Crippen LogP contribution is 2.65. The number of fused-ring (bicyclic) bond motifs is 5. The zero-order chi connectivity index (χ0) is 34.8. The Morgan fingerprint density at radius 3 is 2.25 bits per heavy atom. The van der Waals surface area contributed by atoms with E-state index >= 15 is 8.78 Å². The topological polar surface area (TPSA) is 131 Å². The lowest BCUT2D eigenvalue weighted by molar-refractivity contribution is -0.138. The number of hydrogen-bond donors (Lipinski definition) is 1. The fraction of sp³-hybridized carbons (Fsp3) is 0.323. The zero-order valence-corrected chi connectivity index (χ0v) is 25.7. The van der Waals surface area contributed by atoms with Gasteiger partial charge in [-0.1, -0.05) is 11.6 Å². The number of carbonyl (C=O) groups is 5. The first-order valence-electron chi connectivity index (χ1n) is 14.2. The summed E-state index contributed by atoms with van der Waals surface area (Å²) < 4.78 is 83.3. The van der Waals surface area contributed by atoms with Crippen LogP contribution in [0.4, 0.5) is 32.4 Å². The molecule has 1 saturated carbocycles. The molecule has 3 fully saturated rings. The highest BCUT2D eigenvalue weighted by molar-refractivity contribution is 6.58. The van der Waals surface area contributed by atoms with Crippen LogP contribution in [-0.2, 0) is 30.3 Å². The first kappa shape index (κ1) is 32.1. The largest absolute Gasteiger partial charge is 0.508 e. The van der Waals surface area contributed by atoms with Gasteiger partial charge in [-0.25, -0.2) is 31.6 Å². The van der Waals surface area contributed by atoms with Crippen LogP contribution in [-0.4, -0.2) is 56.6 Å². The quantitative estimate of drug-likeness (QED) is 0.118. The number of allylic oxidation sites excluding steroid dienone is 3. The molecule has 10 nitrogen and oxygen atoms in total. The summed E-state index contributed by atoms with van der Waals surface area (Å²) in [7, 11) is 0.947. The van der Waals surface area contributed by atoms with E-state index in [2.05, 4.69) is 4.74 Å². The summed E-state index contributed by atoms with van der Waals surface area (Å²) in [6.45, 7) is 0. The first-order chi connectivity index (χ1) is 22.6. The summed E-state index contributed by atoms with van der Waals surface area (Å²) >= 11 is 14.1. The molecule has 2 saturated heterocycles. The molecule has 2 aliphatic carbocycles. The van der Waals surface area contributed by atoms with E-state index in [1.807, 2.05) is 0 Å². The molecule has 5 aliphatic rings. The fourth-order valence-corrected chi connectivity index (χ4v) is 8.60. The predicted octanol–water partition coefficient (Wildman–Crippen LogP) is 4.77. The van der Waals surface area contributed by atoms with Gasteiger partial charge in [0.2, 0.25) is 17.6 Å². The number of ether oxygens (including phenoxy) is 2. The number of alkyl halides is 2. The Balaban J connectivity index is 1.44. The van der Waals surface area contributed by atoms with Crippen LogP contribution < -0.4 is 9.64 Å². The van der Waals surface area contributed by atoms with E-state index in [9.17, 15) is 42.3 Å². The molecule has 2 aromatic carbocycles. The number of rotatable bonds is 2. The number of carbonyl (C=O) groups excluding carboxylic acids is 5. The van der Waals surface area contributed by atoms with E-state index in [0.29, 0.717) is 10.5 Å². The van der Waals surface area contributed by atoms with Gasteiger partial charge in [0.15, 0.2) is 33.0 Å². The molecule has 3 aliphatic heterocycles. The van der Waals surface area contributed by atoms with Crippen molar-refractivity contribution in [3.63, 3.8) is 0 Å². The van der Waals surface area contributed by atoms with Crippen molar-refractivity contribution in [2.75, 3.05) is 12.0 Å². The van der Waals surface area contributed by atoms with Crippen LogP contribution in [0.15, 0.2) is 41.7 Å². The number of imide groups is 4. The highest BCUT2D eigenvalue weighted by Gasteiger charge is 2.77. The maximum atomic E-state index is 15.2. The molecule has 17 heteroatoms. The average Bonchev–Trinajstić information content (AvgIpc) is 3.40. The van der Waals surface area contributed by atoms with Crippen molar-refractivity contribution in [2.45, 2.75) is 29.0 Å². The number of hydrogen-bond acceptors (Lipinski definition) is 8. The van der Waals surface area contributed by atoms with Gasteiger partial charge in [-0.05, 0) is 42.5 Å². The number of phenols is 1. The van der Waals surface area contributed by atoms with Crippen LogP contribution in [0.3, 0.4) is 0 Å². The Labute approximate surface area is 276 Å². The Morgan fingerprint density at radius 1 is 0.958 bits per heavy atom. The van der Waals surface area contributed by atoms with Gasteiger partial charge in [0, 0.05) is 17.9 Å². The lowest BCUT2D eigenvalue weighted by Crippen LogP contribution is -2.61. The molecule has 7 rings (SSSR count). The number of nitrogens with zero attached hydrogens (tertiary/aromatic N) is 2. The highest BCUT2D eigenvalue weighted by atomic mass is 35.5. The molecule has 0 radical (unpaired) electrons. The first-order valence-corrected chi connectivity index (χ1v) is 15.0. The fourth-order valence-electron chi connectivity index (χ4n) is 7.65. The Bertz CT molecular complexity index is 1960. The average molecular weight is 713 g/mol. The number of phenolic OH excluding ortho intramolecular Hbond substituents is 1. The van der Waals surface area contributed by atoms with Gasteiger partial charge in [0.25, 0.3) is 11.8 Å². The summed E-state index contributed by atoms with van der Waals surface area (Å²) in [5.41, 5.74) is -1.25. The third-order valence-electron chi connectivity index (χ3n) is 9.73. The van der Waals surface area contributed by atoms with Crippen molar-refractivity contribution >= 4 is 58.6 Å². The van der Waals surface area contributed by atoms with E-state index in [-0.39, 0.29) is 40.4 Å². The number of benzene rings is 2. The van der Waals surface area contributed by atoms with Gasteiger partial charge in [-0.3, -0.25) is 19.2 Å². The van der Waals surface area contributed by atoms with Crippen molar-refractivity contribution < 1.29 is 60.5 Å². The van der Waals surface area contributed by atoms with E-state index in [0.717, 1.165) is 7.11 Å². The molecule has 48 heavy (non-hydrogen) atoms. The minimum absolute atomic E-state index is 0.115. The van der Waals surface area contributed by atoms with Crippen molar-refractivity contribution in [1.82, 2.24) is 4.90 Å². The monoisotopic (exact) mass is 712 g/mol. The van der Waals surface area contributed by atoms with Gasteiger partial charge in [0.1, 0.15) is 17.2 Å². The van der Waals surface area contributed by atoms with E-state index in [1.165, 1.54) is 30.5 Å². The van der Waals surface area contributed by atoms with Gasteiger partial charge in [0.05, 0.1) is 25.2 Å². The van der Waals surface area contributed by atoms with Crippen molar-refractivity contribution in [2.24, 2.45) is 23.7 Å². The molecule has 0 spiro atoms. The normalized spacial score (nSPS) is 30.7. The van der Waals surface area contributed by atoms with Crippen LogP contribution >= 0.6 is 23.2 Å². The van der Waals surface area contributed by atoms with Gasteiger partial charge in [-0.15, -0.1) is 23.2 Å². The molecule has 1 N–H and O–H groups in total. The summed E-state index contributed by atoms with van der Waals surface area (Å²) in [6.07, 6.45) is 0.340. The Kier molecular flexibility index (Phi) is 7.01. The van der Waals surface area contributed by atoms with Gasteiger partial charge >= 0.3 is 6.09 Å². The third kappa shape index (κ3) is 3.88. The smallest absolute Gasteiger partial charge is 0.423 e. The predicted molar refractivity (Wildman–Crippen MR) is 152 cm³/mol. The van der Waals surface area contributed by atoms with Crippen LogP contribution in [0.25, 0.3) is 0 Å². The van der Waals surface area contributed by atoms with E-state index < -0.39 is 104 Å². The number of halogens is 7. The van der Waals surface area contributed by atoms with Crippen molar-refractivity contribution in [1.29, 1.82) is 0 Å². The second kappa shape index (κ2) is 10.5. The maximum Gasteiger partial charge on any atom is 0.423 e. The maximum absolute atomic E-state index is 15.2. The molecular formula is C31H19Cl2F5N2O8. The standard InChI is InChI=1S/C31H19Cl2F5N2O8/c1-47-29(46)40-25(42)14-4-3-13-15(17(14)26(40)43)8-30(32)27(44)39(24-22(37)20(35)19(34)21(36)23(24)38)28(45)31(30,33)18(13)11-6-10-7-12(41)2-5-16(10)48-9-11/h2-3,5,7,9,14-15,17-18,41H,4,6,8H2,1H3/t14-,15+,17-,18-,30+,31-/m0/s1. The number of amides is 5. The molecule has 3 heterocycles. The minimum Gasteiger partial charge on any atom is -0.508 e. The lowest BCUT2D eigenvalue weighted by Gasteiger charge is -2.51. The second-order valence-corrected chi connectivity index (χ2v) is 13.2. The molecule has 0 aromatic heterocycles. The Hall–Kier alpha value is -4.50. The summed E-state index contributed by atoms with van der Waals surface area (Å²) in [4.78, 5) is 62.3. The van der Waals surface area contributed by atoms with Crippen LogP contribution in [0.1, 0.15) is 18.4 Å². The molecule has 250 valence electrons. The van der Waals surface area contributed by atoms with Crippen LogP contribution in [0, 0.1) is 52.8 Å². The van der Waals surface area contributed by atoms with E-state index in [4.69, 9.17) is 27.9 Å². The molecule has 0 bridgehead atoms. The number of anilines is 1. The summed E-state index contributed by atoms with van der Waals surface area (Å²) in [6, 6.07) is 4.11. The van der Waals surface area contributed by atoms with Crippen LogP contribution in [0.2, 0.25) is 0 Å². The third-order valence-corrected chi connectivity index (χ3v) is 11.1. The zero-order valence-electron chi connectivity index (χ0n) is 24.2. The SMILES string of the molecule is COC(=O)N1C(=O)[C@H]2[C@H](CC=C3[C@H](C4=COc5ccc(O)cc5C4)[C@]4(Cl)C(=O)N(c5c(F)c(F)c(F)c(F)c5F)C(=O)[C@]4(Cl)C[C@H]32)C1=O. The second-order valence-electron chi connectivity index (χ2n) is 12.0. The van der Waals surface area contributed by atoms with E-state index in [1.54, 1.807) is 0 Å². The van der Waals surface area contributed by atoms with Crippen molar-refractivity contribution in [3.05, 3.63) is 76.3 Å². The molecule has 6 atom stereocenters.